The second-order valence-electron chi connectivity index (χ2n) is 20.8. The molecule has 3 aliphatic rings. The third kappa shape index (κ3) is 12.5. The van der Waals surface area contributed by atoms with Crippen molar-refractivity contribution in [2.75, 3.05) is 28.3 Å². The highest BCUT2D eigenvalue weighted by molar-refractivity contribution is 5.97. The summed E-state index contributed by atoms with van der Waals surface area (Å²) in [5, 5.41) is 35.2. The van der Waals surface area contributed by atoms with Gasteiger partial charge in [0.2, 0.25) is 0 Å². The number of benzene rings is 1. The number of nitrogens with zero attached hydrogens (tertiary/aromatic N) is 2. The van der Waals surface area contributed by atoms with Crippen molar-refractivity contribution in [3.05, 3.63) is 29.6 Å². The van der Waals surface area contributed by atoms with Crippen LogP contribution >= 0.6 is 0 Å². The minimum atomic E-state index is -2.03. The molecule has 20 nitrogen and oxygen atoms in total. The van der Waals surface area contributed by atoms with Crippen LogP contribution in [-0.4, -0.2) is 167 Å². The van der Waals surface area contributed by atoms with Gasteiger partial charge in [-0.25, -0.2) is 15.2 Å². The van der Waals surface area contributed by atoms with Crippen LogP contribution in [0.3, 0.4) is 0 Å². The summed E-state index contributed by atoms with van der Waals surface area (Å²) < 4.78 is 50.8. The van der Waals surface area contributed by atoms with E-state index in [0.29, 0.717) is 17.5 Å². The summed E-state index contributed by atoms with van der Waals surface area (Å²) in [4.78, 5) is 64.8. The largest absolute Gasteiger partial charge is 0.459 e. The third-order valence-electron chi connectivity index (χ3n) is 15.0. The normalized spacial score (nSPS) is 39.3. The van der Waals surface area contributed by atoms with Crippen molar-refractivity contribution in [1.29, 1.82) is 0 Å². The Labute approximate surface area is 412 Å². The molecule has 70 heavy (non-hydrogen) atoms. The molecule has 1 aromatic carbocycles. The van der Waals surface area contributed by atoms with Crippen LogP contribution < -0.4 is 10.9 Å². The molecule has 5 rings (SSSR count). The highest BCUT2D eigenvalue weighted by Gasteiger charge is 2.55. The molecule has 0 unspecified atom stereocenters. The Kier molecular flexibility index (Phi) is 19.1. The summed E-state index contributed by atoms with van der Waals surface area (Å²) >= 11 is 0. The van der Waals surface area contributed by atoms with E-state index in [0.717, 1.165) is 18.7 Å². The topological polar surface area (TPSA) is 259 Å². The Hall–Kier alpha value is -3.83. The van der Waals surface area contributed by atoms with Gasteiger partial charge in [0.1, 0.15) is 35.0 Å². The lowest BCUT2D eigenvalue weighted by atomic mass is 9.74. The zero-order chi connectivity index (χ0) is 52.2. The smallest absolute Gasteiger partial charge is 0.426 e. The highest BCUT2D eigenvalue weighted by Crippen LogP contribution is 2.42. The van der Waals surface area contributed by atoms with Crippen LogP contribution in [0.5, 0.6) is 0 Å². The maximum atomic E-state index is 14.5. The van der Waals surface area contributed by atoms with Crippen LogP contribution in [-0.2, 0) is 53.9 Å². The minimum Gasteiger partial charge on any atom is -0.459 e. The lowest BCUT2D eigenvalue weighted by Crippen LogP contribution is -2.62. The number of hydrazine groups is 1. The van der Waals surface area contributed by atoms with E-state index in [-0.39, 0.29) is 42.8 Å². The van der Waals surface area contributed by atoms with E-state index in [4.69, 9.17) is 37.9 Å². The fourth-order valence-electron chi connectivity index (χ4n) is 10.7. The monoisotopic (exact) mass is 992 g/mol. The van der Waals surface area contributed by atoms with E-state index in [1.807, 2.05) is 32.8 Å². The summed E-state index contributed by atoms with van der Waals surface area (Å²) in [6, 6.07) is 4.62. The number of amides is 2. The Balaban J connectivity index is 1.45. The Morgan fingerprint density at radius 3 is 2.19 bits per heavy atom. The molecule has 0 saturated carbocycles. The molecular weight excluding hydrogens is 911 g/mol. The number of aryl methyl sites for hydroxylation is 1. The second kappa shape index (κ2) is 23.4. The number of methoxy groups -OCH3 is 2. The van der Waals surface area contributed by atoms with Crippen molar-refractivity contribution >= 4 is 34.8 Å². The van der Waals surface area contributed by atoms with E-state index in [1.54, 1.807) is 66.7 Å². The number of hydrogen-bond donors (Lipinski definition) is 6. The van der Waals surface area contributed by atoms with Gasteiger partial charge in [-0.05, 0) is 99.5 Å². The average Bonchev–Trinajstić information content (AvgIpc) is 3.73. The SMILES string of the molecule is CCCc1nc2ccc(C(=O)NNC(=O)O[C@H]3[C@H](C)O[C@@H](O[C@H]4[C@H](C)[C@@H](O[C@@H]5O[C@H](C)C[C@H](N(C)C)[C@H]5O)[C@@](C)(OC)C[C@@H](C)C(=O)[C@H](C)[C@@H](O)[C@](C)(O)[C@@H](CC)OC(=O)[C@@H]4C)C[C@@]3(C)OC)cc2[nH]1. The van der Waals surface area contributed by atoms with Crippen molar-refractivity contribution in [3.63, 3.8) is 0 Å². The maximum absolute atomic E-state index is 14.5. The molecule has 1 aromatic heterocycles. The van der Waals surface area contributed by atoms with Gasteiger partial charge in [-0.15, -0.1) is 0 Å². The second-order valence-corrected chi connectivity index (χ2v) is 20.8. The molecule has 18 atom stereocenters. The van der Waals surface area contributed by atoms with E-state index >= 15 is 0 Å². The van der Waals surface area contributed by atoms with Gasteiger partial charge in [0.15, 0.2) is 18.7 Å². The van der Waals surface area contributed by atoms with Gasteiger partial charge in [0, 0.05) is 56.4 Å². The predicted molar refractivity (Wildman–Crippen MR) is 256 cm³/mol. The number of cyclic esters (lactones) is 1. The van der Waals surface area contributed by atoms with Crippen molar-refractivity contribution in [2.45, 2.75) is 199 Å². The van der Waals surface area contributed by atoms with Crippen molar-refractivity contribution in [1.82, 2.24) is 25.7 Å². The number of aliphatic hydroxyl groups excluding tert-OH is 2. The molecule has 3 fully saturated rings. The van der Waals surface area contributed by atoms with Gasteiger partial charge in [-0.2, -0.15) is 0 Å². The van der Waals surface area contributed by atoms with Gasteiger partial charge in [-0.3, -0.25) is 19.8 Å². The van der Waals surface area contributed by atoms with Crippen molar-refractivity contribution < 1.29 is 72.4 Å². The molecule has 0 bridgehead atoms. The van der Waals surface area contributed by atoms with Crippen molar-refractivity contribution in [2.24, 2.45) is 23.7 Å². The number of fused-ring (bicyclic) bond motifs is 1. The van der Waals surface area contributed by atoms with Crippen LogP contribution in [0.2, 0.25) is 0 Å². The first-order valence-corrected chi connectivity index (χ1v) is 24.7. The number of esters is 1. The number of rotatable bonds is 12. The number of carbonyl (C=O) groups is 4. The van der Waals surface area contributed by atoms with Crippen molar-refractivity contribution in [3.8, 4) is 0 Å². The van der Waals surface area contributed by atoms with E-state index in [1.165, 1.54) is 28.1 Å². The summed E-state index contributed by atoms with van der Waals surface area (Å²) in [6.07, 6.45) is -9.37. The molecule has 396 valence electrons. The van der Waals surface area contributed by atoms with Crippen LogP contribution in [0.15, 0.2) is 18.2 Å². The van der Waals surface area contributed by atoms with Crippen LogP contribution in [0.4, 0.5) is 4.79 Å². The molecule has 3 saturated heterocycles. The quantitative estimate of drug-likeness (QED) is 0.128. The van der Waals surface area contributed by atoms with Gasteiger partial charge in [0.25, 0.3) is 5.91 Å². The number of H-pyrrole nitrogens is 1. The number of aromatic amines is 1. The fraction of sp³-hybridized carbons (Fsp3) is 0.780. The first-order chi connectivity index (χ1) is 32.7. The molecular formula is C50H81N5O15. The average molecular weight is 992 g/mol. The number of ketones is 1. The van der Waals surface area contributed by atoms with Crippen LogP contribution in [0.25, 0.3) is 11.0 Å². The lowest BCUT2D eigenvalue weighted by Gasteiger charge is -2.50. The zero-order valence-electron chi connectivity index (χ0n) is 43.8. The molecule has 20 heteroatoms. The first-order valence-electron chi connectivity index (χ1n) is 24.7. The van der Waals surface area contributed by atoms with Gasteiger partial charge < -0.3 is 63.1 Å². The number of nitrogens with one attached hydrogen (secondary N) is 3. The minimum absolute atomic E-state index is 0.0329. The summed E-state index contributed by atoms with van der Waals surface area (Å²) in [5.74, 6) is -4.68. The lowest BCUT2D eigenvalue weighted by molar-refractivity contribution is -0.319. The molecule has 0 spiro atoms. The predicted octanol–water partition coefficient (Wildman–Crippen LogP) is 4.35. The van der Waals surface area contributed by atoms with Gasteiger partial charge >= 0.3 is 12.1 Å². The number of aromatic nitrogens is 2. The van der Waals surface area contributed by atoms with E-state index < -0.39 is 114 Å². The number of ether oxygens (including phenoxy) is 8. The standard InChI is InChI=1S/C50H81N5O15/c1-16-18-36-51-32-20-19-31(22-33(32)52-36)44(59)53-54-47(61)70-43-30(8)66-37(24-49(43,10)64-15)68-40-28(6)42(69-46-39(57)34(55(12)13)21-26(4)65-46)48(9,63-14)23-25(3)38(56)27(5)41(58)50(11,62)35(17-2)67-45(60)29(40)7/h19-20,22,25-30,34-35,37,39-43,46,57-58,62H,16-18,21,23-24H2,1-15H3,(H,51,52)(H,53,59)(H,54,61)/t25-,26-,27+,28+,29-,30+,34+,35-,37+,39-,40+,41-,42-,43+,46+,48+,49-,50-/m1/s1. The molecule has 2 amide bonds. The molecule has 2 aromatic rings. The molecule has 0 radical (unpaired) electrons. The summed E-state index contributed by atoms with van der Waals surface area (Å²) in [7, 11) is 6.65. The Morgan fingerprint density at radius 1 is 0.914 bits per heavy atom. The molecule has 6 N–H and O–H groups in total. The number of likely N-dealkylation sites (N-methyl/N-ethyl adjacent to an activating group) is 1. The first kappa shape index (κ1) is 57.1. The third-order valence-corrected chi connectivity index (χ3v) is 15.0. The number of Topliss-reactive ketones (excluding diaryl/α,β-unsaturated/α-hetero) is 1. The maximum Gasteiger partial charge on any atom is 0.426 e. The number of imidazole rings is 1. The van der Waals surface area contributed by atoms with E-state index in [9.17, 15) is 34.5 Å². The molecule has 4 heterocycles. The fourth-order valence-corrected chi connectivity index (χ4v) is 10.7. The van der Waals surface area contributed by atoms with Gasteiger partial charge in [0.05, 0.1) is 53.1 Å². The Morgan fingerprint density at radius 2 is 1.57 bits per heavy atom. The van der Waals surface area contributed by atoms with Crippen LogP contribution in [0.1, 0.15) is 124 Å². The molecule has 3 aliphatic heterocycles. The number of carbonyl (C=O) groups excluding carboxylic acids is 4. The zero-order valence-corrected chi connectivity index (χ0v) is 43.8. The summed E-state index contributed by atoms with van der Waals surface area (Å²) in [5.41, 5.74) is 1.75. The Bertz CT molecular complexity index is 2100. The molecule has 0 aliphatic carbocycles. The van der Waals surface area contributed by atoms with Crippen LogP contribution in [0, 0.1) is 23.7 Å². The number of aliphatic hydroxyl groups is 3. The highest BCUT2D eigenvalue weighted by atomic mass is 16.7. The van der Waals surface area contributed by atoms with E-state index in [2.05, 4.69) is 20.8 Å². The van der Waals surface area contributed by atoms with Gasteiger partial charge in [-0.1, -0.05) is 34.6 Å². The summed E-state index contributed by atoms with van der Waals surface area (Å²) in [6.45, 7) is 18.8. The number of hydrogen-bond acceptors (Lipinski definition) is 17.